The smallest absolute Gasteiger partial charge is 0.410 e. The Morgan fingerprint density at radius 2 is 1.95 bits per heavy atom. The van der Waals surface area contributed by atoms with E-state index in [-0.39, 0.29) is 11.6 Å². The van der Waals surface area contributed by atoms with Crippen LogP contribution in [0.15, 0.2) is 42.5 Å². The van der Waals surface area contributed by atoms with Gasteiger partial charge in [-0.3, -0.25) is 19.6 Å². The molecular weight excluding hydrogens is 499 g/mol. The van der Waals surface area contributed by atoms with Gasteiger partial charge in [0, 0.05) is 10.4 Å². The van der Waals surface area contributed by atoms with E-state index in [1.165, 1.54) is 24.1 Å². The third kappa shape index (κ3) is 5.61. The number of rotatable bonds is 10. The molecule has 1 heterocycles. The Kier molecular flexibility index (Phi) is 8.12. The number of H-pyrrole nitrogens is 1. The summed E-state index contributed by atoms with van der Waals surface area (Å²) in [6, 6.07) is 10.1. The van der Waals surface area contributed by atoms with Crippen molar-refractivity contribution in [2.45, 2.75) is 63.5 Å². The molecule has 1 aliphatic carbocycles. The number of methoxy groups -OCH3 is 1. The SMILES string of the molecule is CCCC[C@@H](C(=O)C(=O)Nc1n[nH]c2cc(Cl)ccc12)N(C(=O)OC)C1(Cc2ccc(F)cc2)CCC1. The monoisotopic (exact) mass is 528 g/mol. The molecule has 10 heteroatoms. The summed E-state index contributed by atoms with van der Waals surface area (Å²) in [7, 11) is 1.27. The molecule has 1 aromatic heterocycles. The van der Waals surface area contributed by atoms with Gasteiger partial charge in [0.15, 0.2) is 5.82 Å². The highest BCUT2D eigenvalue weighted by Gasteiger charge is 2.50. The number of fused-ring (bicyclic) bond motifs is 1. The summed E-state index contributed by atoms with van der Waals surface area (Å²) < 4.78 is 18.6. The number of benzene rings is 2. The van der Waals surface area contributed by atoms with E-state index in [0.29, 0.717) is 48.0 Å². The van der Waals surface area contributed by atoms with Gasteiger partial charge in [-0.25, -0.2) is 9.18 Å². The number of amides is 2. The Balaban J connectivity index is 1.64. The molecule has 0 saturated heterocycles. The van der Waals surface area contributed by atoms with Crippen LogP contribution in [0.1, 0.15) is 51.0 Å². The zero-order chi connectivity index (χ0) is 26.6. The minimum atomic E-state index is -1.02. The lowest BCUT2D eigenvalue weighted by molar-refractivity contribution is -0.140. The first-order valence-electron chi connectivity index (χ1n) is 12.4. The topological polar surface area (TPSA) is 104 Å². The van der Waals surface area contributed by atoms with Crippen molar-refractivity contribution in [1.29, 1.82) is 0 Å². The predicted molar refractivity (Wildman–Crippen MR) is 139 cm³/mol. The van der Waals surface area contributed by atoms with E-state index < -0.39 is 29.4 Å². The Hall–Kier alpha value is -3.46. The zero-order valence-corrected chi connectivity index (χ0v) is 21.6. The third-order valence-corrected chi connectivity index (χ3v) is 7.27. The third-order valence-electron chi connectivity index (χ3n) is 7.04. The van der Waals surface area contributed by atoms with Crippen LogP contribution in [0.4, 0.5) is 15.0 Å². The van der Waals surface area contributed by atoms with Gasteiger partial charge in [-0.15, -0.1) is 0 Å². The van der Waals surface area contributed by atoms with E-state index in [0.717, 1.165) is 18.4 Å². The number of ether oxygens (including phenoxy) is 1. The fourth-order valence-corrected chi connectivity index (χ4v) is 5.17. The molecule has 0 aliphatic heterocycles. The van der Waals surface area contributed by atoms with Gasteiger partial charge in [0.05, 0.1) is 18.2 Å². The summed E-state index contributed by atoms with van der Waals surface area (Å²) in [6.45, 7) is 1.97. The van der Waals surface area contributed by atoms with E-state index in [1.54, 1.807) is 30.3 Å². The Labute approximate surface area is 219 Å². The summed E-state index contributed by atoms with van der Waals surface area (Å²) in [4.78, 5) is 41.5. The Morgan fingerprint density at radius 3 is 2.57 bits per heavy atom. The first-order chi connectivity index (χ1) is 17.8. The summed E-state index contributed by atoms with van der Waals surface area (Å²) >= 11 is 6.02. The molecule has 1 aliphatic rings. The number of hydrogen-bond donors (Lipinski definition) is 2. The number of carbonyl (C=O) groups is 3. The average molecular weight is 529 g/mol. The number of aromatic amines is 1. The lowest BCUT2D eigenvalue weighted by Gasteiger charge is -2.52. The van der Waals surface area contributed by atoms with E-state index in [9.17, 15) is 18.8 Å². The highest BCUT2D eigenvalue weighted by atomic mass is 35.5. The number of hydrogen-bond acceptors (Lipinski definition) is 5. The van der Waals surface area contributed by atoms with Crippen molar-refractivity contribution in [2.24, 2.45) is 0 Å². The summed E-state index contributed by atoms with van der Waals surface area (Å²) in [5, 5.41) is 10.6. The van der Waals surface area contributed by atoms with Crippen LogP contribution >= 0.6 is 11.6 Å². The molecule has 1 saturated carbocycles. The lowest BCUT2D eigenvalue weighted by atomic mass is 9.70. The van der Waals surface area contributed by atoms with E-state index in [2.05, 4.69) is 15.5 Å². The van der Waals surface area contributed by atoms with Gasteiger partial charge >= 0.3 is 6.09 Å². The van der Waals surface area contributed by atoms with Gasteiger partial charge in [-0.05, 0) is 68.0 Å². The van der Waals surface area contributed by atoms with Crippen LogP contribution in [-0.2, 0) is 20.7 Å². The van der Waals surface area contributed by atoms with Gasteiger partial charge in [0.1, 0.15) is 11.9 Å². The Morgan fingerprint density at radius 1 is 1.22 bits per heavy atom. The highest BCUT2D eigenvalue weighted by molar-refractivity contribution is 6.43. The maximum absolute atomic E-state index is 13.6. The number of carbonyl (C=O) groups excluding carboxylic acids is 3. The second-order valence-electron chi connectivity index (χ2n) is 9.46. The summed E-state index contributed by atoms with van der Waals surface area (Å²) in [6.07, 6.45) is 3.61. The quantitative estimate of drug-likeness (QED) is 0.331. The van der Waals surface area contributed by atoms with Crippen molar-refractivity contribution in [3.05, 3.63) is 58.9 Å². The number of ketones is 1. The van der Waals surface area contributed by atoms with E-state index >= 15 is 0 Å². The fraction of sp³-hybridized carbons (Fsp3) is 0.407. The lowest BCUT2D eigenvalue weighted by Crippen LogP contribution is -2.64. The average Bonchev–Trinajstić information content (AvgIpc) is 3.26. The largest absolute Gasteiger partial charge is 0.453 e. The first kappa shape index (κ1) is 26.6. The van der Waals surface area contributed by atoms with Crippen molar-refractivity contribution < 1.29 is 23.5 Å². The minimum Gasteiger partial charge on any atom is -0.453 e. The van der Waals surface area contributed by atoms with Crippen LogP contribution in [0.3, 0.4) is 0 Å². The molecule has 196 valence electrons. The molecule has 0 spiro atoms. The molecule has 1 fully saturated rings. The summed E-state index contributed by atoms with van der Waals surface area (Å²) in [5.74, 6) is -1.76. The van der Waals surface area contributed by atoms with Crippen LogP contribution in [-0.4, -0.2) is 51.6 Å². The highest BCUT2D eigenvalue weighted by Crippen LogP contribution is 2.43. The summed E-state index contributed by atoms with van der Waals surface area (Å²) in [5.41, 5.74) is 0.735. The number of unbranched alkanes of at least 4 members (excludes halogenated alkanes) is 1. The fourth-order valence-electron chi connectivity index (χ4n) is 5.00. The molecule has 8 nitrogen and oxygen atoms in total. The Bertz CT molecular complexity index is 1290. The van der Waals surface area contributed by atoms with Gasteiger partial charge in [-0.2, -0.15) is 5.10 Å². The maximum atomic E-state index is 13.6. The molecule has 4 rings (SSSR count). The molecule has 2 N–H and O–H groups in total. The predicted octanol–water partition coefficient (Wildman–Crippen LogP) is 5.66. The van der Waals surface area contributed by atoms with Crippen molar-refractivity contribution in [1.82, 2.24) is 15.1 Å². The van der Waals surface area contributed by atoms with Crippen molar-refractivity contribution in [3.63, 3.8) is 0 Å². The minimum absolute atomic E-state index is 0.202. The second kappa shape index (κ2) is 11.3. The standard InChI is InChI=1S/C27H30ClFN4O4/c1-3-4-6-22(23(34)25(35)30-24-20-12-9-18(28)15-21(20)31-32-24)33(26(36)37-2)27(13-5-14-27)16-17-7-10-19(29)11-8-17/h7-12,15,22H,3-6,13-14,16H2,1-2H3,(H2,30,31,32,35)/t22-/m0/s1. The van der Waals surface area contributed by atoms with Crippen molar-refractivity contribution >= 4 is 46.1 Å². The van der Waals surface area contributed by atoms with Crippen LogP contribution in [0.25, 0.3) is 10.9 Å². The molecular formula is C27H30ClFN4O4. The number of anilines is 1. The number of aromatic nitrogens is 2. The molecule has 3 aromatic rings. The van der Waals surface area contributed by atoms with Gasteiger partial charge in [0.25, 0.3) is 5.91 Å². The second-order valence-corrected chi connectivity index (χ2v) is 9.90. The first-order valence-corrected chi connectivity index (χ1v) is 12.8. The normalized spacial score (nSPS) is 15.0. The van der Waals surface area contributed by atoms with E-state index in [1.807, 2.05) is 6.92 Å². The number of nitrogens with one attached hydrogen (secondary N) is 2. The number of halogens is 2. The van der Waals surface area contributed by atoms with E-state index in [4.69, 9.17) is 16.3 Å². The van der Waals surface area contributed by atoms with Crippen LogP contribution in [0.2, 0.25) is 5.02 Å². The molecule has 0 unspecified atom stereocenters. The molecule has 1 atom stereocenters. The van der Waals surface area contributed by atoms with Crippen LogP contribution in [0, 0.1) is 5.82 Å². The molecule has 2 aromatic carbocycles. The molecule has 0 bridgehead atoms. The van der Waals surface area contributed by atoms with Gasteiger partial charge < -0.3 is 10.1 Å². The number of Topliss-reactive ketones (excluding diaryl/α,β-unsaturated/α-hetero) is 1. The zero-order valence-electron chi connectivity index (χ0n) is 20.9. The molecule has 0 radical (unpaired) electrons. The van der Waals surface area contributed by atoms with Gasteiger partial charge in [-0.1, -0.05) is 43.5 Å². The van der Waals surface area contributed by atoms with Gasteiger partial charge in [0.2, 0.25) is 5.78 Å². The van der Waals surface area contributed by atoms with Crippen LogP contribution < -0.4 is 5.32 Å². The molecule has 37 heavy (non-hydrogen) atoms. The van der Waals surface area contributed by atoms with Crippen LogP contribution in [0.5, 0.6) is 0 Å². The maximum Gasteiger partial charge on any atom is 0.410 e. The number of nitrogens with zero attached hydrogens (tertiary/aromatic N) is 2. The van der Waals surface area contributed by atoms with Crippen molar-refractivity contribution in [3.8, 4) is 0 Å². The van der Waals surface area contributed by atoms with Crippen molar-refractivity contribution in [2.75, 3.05) is 12.4 Å². The molecule has 2 amide bonds.